The standard InChI is InChI=1S/C24H30FN5O2/c1-16(31)29-14-12-20-18(15-29)23(26-2)28-24(27-20)21-9-5-6-13-30(21)22(32)11-10-17-7-3-4-8-19(17)25/h3-4,7-8,21H,5-6,9-15H2,1-2H3,(H,26,27,28)/t21-/m1/s1. The number of nitrogens with one attached hydrogen (secondary N) is 1. The molecule has 1 fully saturated rings. The second kappa shape index (κ2) is 9.63. The second-order valence-corrected chi connectivity index (χ2v) is 8.49. The fourth-order valence-corrected chi connectivity index (χ4v) is 4.64. The van der Waals surface area contributed by atoms with Gasteiger partial charge in [0.2, 0.25) is 11.8 Å². The molecule has 2 aromatic rings. The average Bonchev–Trinajstić information content (AvgIpc) is 2.82. The maximum Gasteiger partial charge on any atom is 0.223 e. The zero-order chi connectivity index (χ0) is 22.7. The first-order valence-electron chi connectivity index (χ1n) is 11.3. The first kappa shape index (κ1) is 22.2. The van der Waals surface area contributed by atoms with E-state index in [0.717, 1.165) is 36.3 Å². The Balaban J connectivity index is 1.55. The molecule has 1 atom stereocenters. The van der Waals surface area contributed by atoms with Gasteiger partial charge in [0, 0.05) is 45.5 Å². The van der Waals surface area contributed by atoms with Crippen molar-refractivity contribution in [1.29, 1.82) is 0 Å². The molecule has 1 aromatic carbocycles. The number of halogens is 1. The van der Waals surface area contributed by atoms with Crippen LogP contribution in [0.15, 0.2) is 24.3 Å². The van der Waals surface area contributed by atoms with Crippen LogP contribution in [0.5, 0.6) is 0 Å². The van der Waals surface area contributed by atoms with Crippen molar-refractivity contribution in [1.82, 2.24) is 19.8 Å². The van der Waals surface area contributed by atoms with Crippen molar-refractivity contribution in [3.63, 3.8) is 0 Å². The largest absolute Gasteiger partial charge is 0.373 e. The van der Waals surface area contributed by atoms with Crippen LogP contribution in [0.2, 0.25) is 0 Å². The Morgan fingerprint density at radius 1 is 1.19 bits per heavy atom. The molecule has 32 heavy (non-hydrogen) atoms. The summed E-state index contributed by atoms with van der Waals surface area (Å²) in [6.07, 6.45) is 4.08. The first-order valence-corrected chi connectivity index (χ1v) is 11.3. The van der Waals surface area contributed by atoms with E-state index < -0.39 is 0 Å². The van der Waals surface area contributed by atoms with E-state index in [0.29, 0.717) is 43.9 Å². The molecule has 0 radical (unpaired) electrons. The van der Waals surface area contributed by atoms with Crippen LogP contribution in [-0.4, -0.2) is 51.7 Å². The van der Waals surface area contributed by atoms with Gasteiger partial charge in [-0.05, 0) is 37.3 Å². The normalized spacial score (nSPS) is 18.3. The third kappa shape index (κ3) is 4.59. The lowest BCUT2D eigenvalue weighted by Gasteiger charge is -2.36. The SMILES string of the molecule is CNc1nc([C@H]2CCCCN2C(=O)CCc2ccccc2F)nc2c1CN(C(C)=O)CC2. The summed E-state index contributed by atoms with van der Waals surface area (Å²) in [7, 11) is 1.82. The third-order valence-corrected chi connectivity index (χ3v) is 6.45. The number of amides is 2. The number of fused-ring (bicyclic) bond motifs is 1. The van der Waals surface area contributed by atoms with Crippen LogP contribution in [0.25, 0.3) is 0 Å². The third-order valence-electron chi connectivity index (χ3n) is 6.45. The van der Waals surface area contributed by atoms with Gasteiger partial charge >= 0.3 is 0 Å². The zero-order valence-electron chi connectivity index (χ0n) is 18.7. The quantitative estimate of drug-likeness (QED) is 0.774. The lowest BCUT2D eigenvalue weighted by molar-refractivity contribution is -0.135. The minimum absolute atomic E-state index is 0.00744. The van der Waals surface area contributed by atoms with Gasteiger partial charge in [0.25, 0.3) is 0 Å². The summed E-state index contributed by atoms with van der Waals surface area (Å²) in [6, 6.07) is 6.42. The lowest BCUT2D eigenvalue weighted by Crippen LogP contribution is -2.40. The van der Waals surface area contributed by atoms with Crippen LogP contribution in [0.3, 0.4) is 0 Å². The number of hydrogen-bond donors (Lipinski definition) is 1. The van der Waals surface area contributed by atoms with E-state index in [1.54, 1.807) is 30.0 Å². The van der Waals surface area contributed by atoms with Crippen LogP contribution < -0.4 is 5.32 Å². The number of nitrogens with zero attached hydrogens (tertiary/aromatic N) is 4. The van der Waals surface area contributed by atoms with E-state index in [-0.39, 0.29) is 30.1 Å². The number of carbonyl (C=O) groups is 2. The molecule has 0 spiro atoms. The highest BCUT2D eigenvalue weighted by atomic mass is 19.1. The molecule has 0 saturated carbocycles. The Bertz CT molecular complexity index is 995. The van der Waals surface area contributed by atoms with Gasteiger partial charge in [0.1, 0.15) is 11.6 Å². The Labute approximate surface area is 188 Å². The van der Waals surface area contributed by atoms with Crippen molar-refractivity contribution in [2.24, 2.45) is 0 Å². The van der Waals surface area contributed by atoms with Crippen molar-refractivity contribution >= 4 is 17.6 Å². The number of likely N-dealkylation sites (tertiary alicyclic amines) is 1. The molecule has 2 amide bonds. The highest BCUT2D eigenvalue weighted by Gasteiger charge is 2.32. The number of aryl methyl sites for hydroxylation is 1. The highest BCUT2D eigenvalue weighted by Crippen LogP contribution is 2.33. The molecule has 0 aliphatic carbocycles. The maximum absolute atomic E-state index is 14.0. The molecule has 1 N–H and O–H groups in total. The molecular weight excluding hydrogens is 409 g/mol. The topological polar surface area (TPSA) is 78.4 Å². The number of carbonyl (C=O) groups excluding carboxylic acids is 2. The number of rotatable bonds is 5. The summed E-state index contributed by atoms with van der Waals surface area (Å²) < 4.78 is 14.0. The van der Waals surface area contributed by atoms with Crippen molar-refractivity contribution < 1.29 is 14.0 Å². The van der Waals surface area contributed by atoms with Crippen LogP contribution in [0.1, 0.15) is 61.3 Å². The van der Waals surface area contributed by atoms with Gasteiger partial charge in [-0.2, -0.15) is 0 Å². The van der Waals surface area contributed by atoms with Crippen LogP contribution in [0.4, 0.5) is 10.2 Å². The van der Waals surface area contributed by atoms with E-state index in [1.807, 2.05) is 11.9 Å². The van der Waals surface area contributed by atoms with Crippen molar-refractivity contribution in [2.45, 2.75) is 58.0 Å². The molecule has 2 aliphatic heterocycles. The monoisotopic (exact) mass is 439 g/mol. The van der Waals surface area contributed by atoms with Gasteiger partial charge in [0.15, 0.2) is 5.82 Å². The van der Waals surface area contributed by atoms with Gasteiger partial charge < -0.3 is 15.1 Å². The van der Waals surface area contributed by atoms with E-state index in [1.165, 1.54) is 6.07 Å². The number of aromatic nitrogens is 2. The number of anilines is 1. The smallest absolute Gasteiger partial charge is 0.223 e. The van der Waals surface area contributed by atoms with Crippen LogP contribution in [-0.2, 0) is 29.0 Å². The zero-order valence-corrected chi connectivity index (χ0v) is 18.7. The van der Waals surface area contributed by atoms with Crippen LogP contribution in [0, 0.1) is 5.82 Å². The van der Waals surface area contributed by atoms with Crippen molar-refractivity contribution in [3.8, 4) is 0 Å². The molecule has 2 aliphatic rings. The predicted octanol–water partition coefficient (Wildman–Crippen LogP) is 3.25. The molecule has 4 rings (SSSR count). The molecule has 1 saturated heterocycles. The summed E-state index contributed by atoms with van der Waals surface area (Å²) >= 11 is 0. The predicted molar refractivity (Wildman–Crippen MR) is 119 cm³/mol. The van der Waals surface area contributed by atoms with Gasteiger partial charge in [0.05, 0.1) is 18.3 Å². The van der Waals surface area contributed by atoms with Crippen LogP contribution >= 0.6 is 0 Å². The van der Waals surface area contributed by atoms with E-state index in [9.17, 15) is 14.0 Å². The summed E-state index contributed by atoms with van der Waals surface area (Å²) in [6.45, 7) is 3.37. The van der Waals surface area contributed by atoms with Gasteiger partial charge in [-0.3, -0.25) is 9.59 Å². The molecule has 1 aromatic heterocycles. The first-order chi connectivity index (χ1) is 15.5. The summed E-state index contributed by atoms with van der Waals surface area (Å²) in [5.74, 6) is 1.16. The second-order valence-electron chi connectivity index (χ2n) is 8.49. The number of hydrogen-bond acceptors (Lipinski definition) is 5. The Morgan fingerprint density at radius 3 is 2.75 bits per heavy atom. The average molecular weight is 440 g/mol. The lowest BCUT2D eigenvalue weighted by atomic mass is 9.98. The molecule has 0 unspecified atom stereocenters. The molecule has 3 heterocycles. The maximum atomic E-state index is 14.0. The fourth-order valence-electron chi connectivity index (χ4n) is 4.64. The van der Waals surface area contributed by atoms with Gasteiger partial charge in [-0.1, -0.05) is 18.2 Å². The van der Waals surface area contributed by atoms with E-state index in [2.05, 4.69) is 5.32 Å². The van der Waals surface area contributed by atoms with Crippen molar-refractivity contribution in [3.05, 3.63) is 52.7 Å². The Hall–Kier alpha value is -3.03. The molecule has 0 bridgehead atoms. The minimum atomic E-state index is -0.271. The van der Waals surface area contributed by atoms with Gasteiger partial charge in [-0.15, -0.1) is 0 Å². The Kier molecular flexibility index (Phi) is 6.67. The highest BCUT2D eigenvalue weighted by molar-refractivity contribution is 5.77. The fraction of sp³-hybridized carbons (Fsp3) is 0.500. The summed E-state index contributed by atoms with van der Waals surface area (Å²) in [5, 5.41) is 3.16. The summed E-state index contributed by atoms with van der Waals surface area (Å²) in [4.78, 5) is 38.2. The van der Waals surface area contributed by atoms with Gasteiger partial charge in [-0.25, -0.2) is 14.4 Å². The summed E-state index contributed by atoms with van der Waals surface area (Å²) in [5.41, 5.74) is 2.46. The van der Waals surface area contributed by atoms with E-state index >= 15 is 0 Å². The number of benzene rings is 1. The Morgan fingerprint density at radius 2 is 2.00 bits per heavy atom. The molecule has 8 heteroatoms. The minimum Gasteiger partial charge on any atom is -0.373 e. The van der Waals surface area contributed by atoms with Crippen molar-refractivity contribution in [2.75, 3.05) is 25.5 Å². The molecular formula is C24H30FN5O2. The number of piperidine rings is 1. The molecule has 7 nitrogen and oxygen atoms in total. The van der Waals surface area contributed by atoms with E-state index in [4.69, 9.17) is 9.97 Å². The molecule has 170 valence electrons.